The fraction of sp³-hybridized carbons (Fsp3) is 0.929. The standard InChI is InChI=1S/C14H29N3O/c1-5-6-12-7-8-17(9-12)10-14(4,13(15)18)16-11(2)3/h11-12,16H,5-10H2,1-4H3,(H2,15,18). The van der Waals surface area contributed by atoms with E-state index < -0.39 is 5.54 Å². The molecule has 4 nitrogen and oxygen atoms in total. The first-order valence-corrected chi connectivity index (χ1v) is 7.17. The number of carbonyl (C=O) groups excluding carboxylic acids is 1. The number of hydrogen-bond acceptors (Lipinski definition) is 3. The molecule has 18 heavy (non-hydrogen) atoms. The summed E-state index contributed by atoms with van der Waals surface area (Å²) in [6.45, 7) is 11.2. The van der Waals surface area contributed by atoms with E-state index in [0.717, 1.165) is 25.6 Å². The molecule has 106 valence electrons. The van der Waals surface area contributed by atoms with Crippen LogP contribution in [0.5, 0.6) is 0 Å². The maximum Gasteiger partial charge on any atom is 0.238 e. The van der Waals surface area contributed by atoms with Gasteiger partial charge >= 0.3 is 0 Å². The summed E-state index contributed by atoms with van der Waals surface area (Å²) < 4.78 is 0. The molecule has 0 radical (unpaired) electrons. The molecule has 3 N–H and O–H groups in total. The molecule has 0 saturated carbocycles. The summed E-state index contributed by atoms with van der Waals surface area (Å²) in [5.41, 5.74) is 4.95. The molecule has 0 bridgehead atoms. The van der Waals surface area contributed by atoms with Crippen LogP contribution in [0.4, 0.5) is 0 Å². The fourth-order valence-corrected chi connectivity index (χ4v) is 2.98. The zero-order chi connectivity index (χ0) is 13.8. The smallest absolute Gasteiger partial charge is 0.238 e. The van der Waals surface area contributed by atoms with Gasteiger partial charge < -0.3 is 16.0 Å². The lowest BCUT2D eigenvalue weighted by molar-refractivity contribution is -0.124. The first-order valence-electron chi connectivity index (χ1n) is 7.17. The van der Waals surface area contributed by atoms with Crippen molar-refractivity contribution < 1.29 is 4.79 Å². The largest absolute Gasteiger partial charge is 0.368 e. The quantitative estimate of drug-likeness (QED) is 0.722. The third-order valence-corrected chi connectivity index (χ3v) is 3.76. The lowest BCUT2D eigenvalue weighted by atomic mass is 9.99. The molecule has 0 spiro atoms. The Hall–Kier alpha value is -0.610. The van der Waals surface area contributed by atoms with Crippen LogP contribution < -0.4 is 11.1 Å². The number of rotatable bonds is 7. The number of amides is 1. The third-order valence-electron chi connectivity index (χ3n) is 3.76. The lowest BCUT2D eigenvalue weighted by Crippen LogP contribution is -2.61. The van der Waals surface area contributed by atoms with Crippen LogP contribution in [-0.2, 0) is 4.79 Å². The summed E-state index contributed by atoms with van der Waals surface area (Å²) in [5.74, 6) is 0.543. The van der Waals surface area contributed by atoms with Gasteiger partial charge in [-0.1, -0.05) is 13.3 Å². The zero-order valence-corrected chi connectivity index (χ0v) is 12.3. The van der Waals surface area contributed by atoms with Crippen molar-refractivity contribution in [2.24, 2.45) is 11.7 Å². The van der Waals surface area contributed by atoms with Gasteiger partial charge in [0.15, 0.2) is 0 Å². The number of carbonyl (C=O) groups is 1. The van der Waals surface area contributed by atoms with E-state index in [1.165, 1.54) is 19.3 Å². The molecule has 1 rings (SSSR count). The van der Waals surface area contributed by atoms with Gasteiger partial charge in [-0.05, 0) is 46.1 Å². The predicted octanol–water partition coefficient (Wildman–Crippen LogP) is 1.35. The number of nitrogens with two attached hydrogens (primary N) is 1. The molecular weight excluding hydrogens is 226 g/mol. The van der Waals surface area contributed by atoms with E-state index in [2.05, 4.69) is 17.1 Å². The second-order valence-electron chi connectivity index (χ2n) is 6.17. The van der Waals surface area contributed by atoms with Gasteiger partial charge in [0.2, 0.25) is 5.91 Å². The minimum Gasteiger partial charge on any atom is -0.368 e. The van der Waals surface area contributed by atoms with E-state index in [9.17, 15) is 4.79 Å². The van der Waals surface area contributed by atoms with Crippen LogP contribution in [0.3, 0.4) is 0 Å². The molecule has 1 aliphatic heterocycles. The van der Waals surface area contributed by atoms with Crippen LogP contribution in [0.1, 0.15) is 47.0 Å². The minimum absolute atomic E-state index is 0.254. The van der Waals surface area contributed by atoms with Crippen LogP contribution in [0.25, 0.3) is 0 Å². The Morgan fingerprint density at radius 2 is 2.22 bits per heavy atom. The number of primary amides is 1. The van der Waals surface area contributed by atoms with Gasteiger partial charge in [0, 0.05) is 19.1 Å². The number of likely N-dealkylation sites (tertiary alicyclic amines) is 1. The summed E-state index contributed by atoms with van der Waals surface area (Å²) in [6, 6.07) is 0.261. The molecular formula is C14H29N3O. The van der Waals surface area contributed by atoms with E-state index in [4.69, 9.17) is 5.73 Å². The highest BCUT2D eigenvalue weighted by Gasteiger charge is 2.35. The van der Waals surface area contributed by atoms with E-state index in [1.807, 2.05) is 20.8 Å². The number of nitrogens with zero attached hydrogens (tertiary/aromatic N) is 1. The molecule has 0 aromatic carbocycles. The Bertz CT molecular complexity index is 280. The van der Waals surface area contributed by atoms with Crippen molar-refractivity contribution in [1.29, 1.82) is 0 Å². The predicted molar refractivity (Wildman–Crippen MR) is 75.3 cm³/mol. The maximum atomic E-state index is 11.7. The van der Waals surface area contributed by atoms with Crippen molar-refractivity contribution in [2.75, 3.05) is 19.6 Å². The van der Waals surface area contributed by atoms with Gasteiger partial charge in [-0.3, -0.25) is 4.79 Å². The first-order chi connectivity index (χ1) is 8.37. The second-order valence-corrected chi connectivity index (χ2v) is 6.17. The lowest BCUT2D eigenvalue weighted by Gasteiger charge is -2.33. The molecule has 1 heterocycles. The topological polar surface area (TPSA) is 58.4 Å². The van der Waals surface area contributed by atoms with Crippen LogP contribution >= 0.6 is 0 Å². The molecule has 1 aliphatic rings. The van der Waals surface area contributed by atoms with Crippen molar-refractivity contribution >= 4 is 5.91 Å². The van der Waals surface area contributed by atoms with Gasteiger partial charge in [-0.25, -0.2) is 0 Å². The molecule has 1 amide bonds. The van der Waals surface area contributed by atoms with Crippen molar-refractivity contribution in [2.45, 2.75) is 58.5 Å². The Morgan fingerprint density at radius 3 is 2.72 bits per heavy atom. The van der Waals surface area contributed by atoms with E-state index in [-0.39, 0.29) is 11.9 Å². The van der Waals surface area contributed by atoms with E-state index in [1.54, 1.807) is 0 Å². The summed E-state index contributed by atoms with van der Waals surface area (Å²) >= 11 is 0. The van der Waals surface area contributed by atoms with Gasteiger partial charge in [0.1, 0.15) is 5.54 Å². The molecule has 2 atom stereocenters. The van der Waals surface area contributed by atoms with Gasteiger partial charge in [-0.15, -0.1) is 0 Å². The molecule has 2 unspecified atom stereocenters. The molecule has 0 aromatic rings. The van der Waals surface area contributed by atoms with Crippen molar-refractivity contribution in [3.8, 4) is 0 Å². The molecule has 1 fully saturated rings. The van der Waals surface area contributed by atoms with Crippen LogP contribution in [0.2, 0.25) is 0 Å². The summed E-state index contributed by atoms with van der Waals surface area (Å²) in [4.78, 5) is 14.1. The summed E-state index contributed by atoms with van der Waals surface area (Å²) in [5, 5.41) is 3.31. The zero-order valence-electron chi connectivity index (χ0n) is 12.3. The first kappa shape index (κ1) is 15.4. The number of hydrogen-bond donors (Lipinski definition) is 2. The van der Waals surface area contributed by atoms with Crippen molar-refractivity contribution in [3.63, 3.8) is 0 Å². The van der Waals surface area contributed by atoms with Crippen molar-refractivity contribution in [3.05, 3.63) is 0 Å². The second kappa shape index (κ2) is 6.53. The molecule has 1 saturated heterocycles. The van der Waals surface area contributed by atoms with Crippen LogP contribution in [0.15, 0.2) is 0 Å². The SMILES string of the molecule is CCCC1CCN(CC(C)(NC(C)C)C(N)=O)C1. The Balaban J connectivity index is 2.55. The Labute approximate surface area is 111 Å². The summed E-state index contributed by atoms with van der Waals surface area (Å²) in [6.07, 6.45) is 3.79. The minimum atomic E-state index is -0.616. The Morgan fingerprint density at radius 1 is 1.56 bits per heavy atom. The van der Waals surface area contributed by atoms with E-state index in [0.29, 0.717) is 0 Å². The van der Waals surface area contributed by atoms with Crippen LogP contribution in [-0.4, -0.2) is 42.0 Å². The Kier molecular flexibility index (Phi) is 5.60. The number of nitrogens with one attached hydrogen (secondary N) is 1. The van der Waals surface area contributed by atoms with Crippen LogP contribution in [0, 0.1) is 5.92 Å². The third kappa shape index (κ3) is 4.25. The molecule has 0 aromatic heterocycles. The average molecular weight is 255 g/mol. The highest BCUT2D eigenvalue weighted by Crippen LogP contribution is 2.22. The highest BCUT2D eigenvalue weighted by molar-refractivity contribution is 5.84. The molecule has 4 heteroatoms. The average Bonchev–Trinajstić information content (AvgIpc) is 2.64. The van der Waals surface area contributed by atoms with Crippen molar-refractivity contribution in [1.82, 2.24) is 10.2 Å². The fourth-order valence-electron chi connectivity index (χ4n) is 2.98. The van der Waals surface area contributed by atoms with E-state index >= 15 is 0 Å². The molecule has 0 aliphatic carbocycles. The maximum absolute atomic E-state index is 11.7. The van der Waals surface area contributed by atoms with Gasteiger partial charge in [-0.2, -0.15) is 0 Å². The van der Waals surface area contributed by atoms with Gasteiger partial charge in [0.05, 0.1) is 0 Å². The monoisotopic (exact) mass is 255 g/mol. The van der Waals surface area contributed by atoms with Gasteiger partial charge in [0.25, 0.3) is 0 Å². The normalized spacial score (nSPS) is 24.4. The summed E-state index contributed by atoms with van der Waals surface area (Å²) in [7, 11) is 0. The highest BCUT2D eigenvalue weighted by atomic mass is 16.1.